The largest absolute Gasteiger partial charge is 0.391 e. The molecule has 0 aromatic carbocycles. The van der Waals surface area contributed by atoms with Gasteiger partial charge in [-0.15, -0.1) is 0 Å². The zero-order valence-electron chi connectivity index (χ0n) is 12.2. The van der Waals surface area contributed by atoms with E-state index in [4.69, 9.17) is 0 Å². The maximum Gasteiger partial charge on any atom is 0.00856 e. The Hall–Kier alpha value is -0.460. The summed E-state index contributed by atoms with van der Waals surface area (Å²) in [6.07, 6.45) is 5.90. The molecule has 1 unspecified atom stereocenters. The molecule has 1 nitrogen and oxygen atoms in total. The van der Waals surface area contributed by atoms with Crippen molar-refractivity contribution in [2.45, 2.75) is 60.3 Å². The topological polar surface area (TPSA) is 12.0 Å². The number of rotatable bonds is 1. The van der Waals surface area contributed by atoms with Crippen LogP contribution in [-0.2, 0) is 0 Å². The van der Waals surface area contributed by atoms with Crippen LogP contribution in [0.15, 0.2) is 12.3 Å². The van der Waals surface area contributed by atoms with Crippen molar-refractivity contribution in [3.63, 3.8) is 0 Å². The summed E-state index contributed by atoms with van der Waals surface area (Å²) in [5.74, 6) is 2.01. The lowest BCUT2D eigenvalue weighted by molar-refractivity contribution is 0.277. The van der Waals surface area contributed by atoms with E-state index in [0.717, 1.165) is 17.5 Å². The number of hydrogen-bond acceptors (Lipinski definition) is 1. The van der Waals surface area contributed by atoms with Crippen molar-refractivity contribution >= 4 is 0 Å². The van der Waals surface area contributed by atoms with Gasteiger partial charge in [0.25, 0.3) is 0 Å². The Balaban J connectivity index is 0.000000281. The average molecular weight is 225 g/mol. The van der Waals surface area contributed by atoms with Crippen molar-refractivity contribution in [3.8, 4) is 0 Å². The molecule has 0 radical (unpaired) electrons. The second-order valence-electron chi connectivity index (χ2n) is 6.22. The first kappa shape index (κ1) is 15.5. The molecule has 0 spiro atoms. The van der Waals surface area contributed by atoms with Crippen molar-refractivity contribution in [1.29, 1.82) is 0 Å². The highest BCUT2D eigenvalue weighted by atomic mass is 14.8. The number of hydrogen-bond donors (Lipinski definition) is 1. The summed E-state index contributed by atoms with van der Waals surface area (Å²) in [5, 5.41) is 3.01. The van der Waals surface area contributed by atoms with E-state index >= 15 is 0 Å². The molecule has 16 heavy (non-hydrogen) atoms. The fourth-order valence-corrected chi connectivity index (χ4v) is 1.88. The van der Waals surface area contributed by atoms with Crippen LogP contribution in [-0.4, -0.2) is 7.05 Å². The molecule has 96 valence electrons. The summed E-state index contributed by atoms with van der Waals surface area (Å²) in [6, 6.07) is 0. The number of allylic oxidation sites excluding steroid dienone is 1. The summed E-state index contributed by atoms with van der Waals surface area (Å²) >= 11 is 0. The fourth-order valence-electron chi connectivity index (χ4n) is 1.88. The van der Waals surface area contributed by atoms with E-state index in [-0.39, 0.29) is 5.41 Å². The van der Waals surface area contributed by atoms with E-state index in [1.165, 1.54) is 25.7 Å². The van der Waals surface area contributed by atoms with Crippen molar-refractivity contribution in [3.05, 3.63) is 12.3 Å². The van der Waals surface area contributed by atoms with E-state index in [0.29, 0.717) is 0 Å². The monoisotopic (exact) mass is 225 g/mol. The second-order valence-corrected chi connectivity index (χ2v) is 6.22. The normalized spacial score (nSPS) is 25.4. The van der Waals surface area contributed by atoms with Gasteiger partial charge < -0.3 is 5.32 Å². The first-order chi connectivity index (χ1) is 7.29. The highest BCUT2D eigenvalue weighted by molar-refractivity contribution is 5.00. The molecule has 2 atom stereocenters. The van der Waals surface area contributed by atoms with Crippen LogP contribution < -0.4 is 5.32 Å². The number of nitrogens with one attached hydrogen (secondary N) is 1. The Labute approximate surface area is 103 Å². The Kier molecular flexibility index (Phi) is 6.78. The highest BCUT2D eigenvalue weighted by Crippen LogP contribution is 2.28. The molecule has 1 N–H and O–H groups in total. The van der Waals surface area contributed by atoms with Gasteiger partial charge in [0.2, 0.25) is 0 Å². The molecule has 1 heteroatoms. The van der Waals surface area contributed by atoms with Gasteiger partial charge in [-0.25, -0.2) is 0 Å². The Bertz CT molecular complexity index is 190. The van der Waals surface area contributed by atoms with Gasteiger partial charge in [0, 0.05) is 18.2 Å². The Morgan fingerprint density at radius 1 is 1.06 bits per heavy atom. The minimum atomic E-state index is 0.203. The highest BCUT2D eigenvalue weighted by Gasteiger charge is 2.15. The fraction of sp³-hybridized carbons (Fsp3) is 0.867. The molecule has 1 aliphatic carbocycles. The van der Waals surface area contributed by atoms with Crippen LogP contribution in [0.25, 0.3) is 0 Å². The zero-order valence-corrected chi connectivity index (χ0v) is 12.2. The average Bonchev–Trinajstić information content (AvgIpc) is 2.21. The molecule has 0 bridgehead atoms. The SMILES string of the molecule is C=C(NC)C(C)(C)C.CC1CCCC[C@@H]1C. The molecule has 0 aliphatic heterocycles. The molecule has 0 saturated heterocycles. The van der Waals surface area contributed by atoms with Crippen molar-refractivity contribution in [1.82, 2.24) is 5.32 Å². The van der Waals surface area contributed by atoms with E-state index < -0.39 is 0 Å². The third-order valence-electron chi connectivity index (χ3n) is 3.75. The third-order valence-corrected chi connectivity index (χ3v) is 3.75. The van der Waals surface area contributed by atoms with Crippen molar-refractivity contribution in [2.24, 2.45) is 17.3 Å². The predicted molar refractivity (Wildman–Crippen MR) is 74.5 cm³/mol. The van der Waals surface area contributed by atoms with Gasteiger partial charge in [-0.1, -0.05) is 66.9 Å². The lowest BCUT2D eigenvalue weighted by Crippen LogP contribution is -2.19. The molecule has 1 rings (SSSR count). The third kappa shape index (κ3) is 6.19. The van der Waals surface area contributed by atoms with Gasteiger partial charge in [0.15, 0.2) is 0 Å². The van der Waals surface area contributed by atoms with Crippen LogP contribution in [0.3, 0.4) is 0 Å². The van der Waals surface area contributed by atoms with E-state index in [1.807, 2.05) is 7.05 Å². The molecule has 0 aromatic rings. The van der Waals surface area contributed by atoms with Gasteiger partial charge >= 0.3 is 0 Å². The van der Waals surface area contributed by atoms with Gasteiger partial charge in [-0.05, 0) is 11.8 Å². The summed E-state index contributed by atoms with van der Waals surface area (Å²) in [7, 11) is 1.90. The molecule has 0 heterocycles. The van der Waals surface area contributed by atoms with Gasteiger partial charge in [0.1, 0.15) is 0 Å². The molecule has 1 aliphatic rings. The molecular formula is C15H31N. The lowest BCUT2D eigenvalue weighted by atomic mass is 9.82. The van der Waals surface area contributed by atoms with Crippen LogP contribution in [0, 0.1) is 17.3 Å². The van der Waals surface area contributed by atoms with Crippen molar-refractivity contribution < 1.29 is 0 Å². The van der Waals surface area contributed by atoms with E-state index in [9.17, 15) is 0 Å². The molecule has 1 fully saturated rings. The van der Waals surface area contributed by atoms with Crippen molar-refractivity contribution in [2.75, 3.05) is 7.05 Å². The standard InChI is InChI=1S/C8H16.C7H15N/c1-7-5-3-4-6-8(7)2;1-6(8-5)7(2,3)4/h7-8H,3-6H2,1-2H3;8H,1H2,2-5H3/t7-,8?;/m0./s1. The lowest BCUT2D eigenvalue weighted by Gasteiger charge is -2.24. The van der Waals surface area contributed by atoms with Crippen LogP contribution >= 0.6 is 0 Å². The summed E-state index contributed by atoms with van der Waals surface area (Å²) in [5.41, 5.74) is 1.28. The molecular weight excluding hydrogens is 194 g/mol. The maximum atomic E-state index is 3.83. The first-order valence-corrected chi connectivity index (χ1v) is 6.66. The maximum absolute atomic E-state index is 3.83. The van der Waals surface area contributed by atoms with Crippen LogP contribution in [0.1, 0.15) is 60.3 Å². The summed E-state index contributed by atoms with van der Waals surface area (Å²) in [6.45, 7) is 15.0. The zero-order chi connectivity index (χ0) is 12.8. The van der Waals surface area contributed by atoms with E-state index in [1.54, 1.807) is 0 Å². The molecule has 0 aromatic heterocycles. The Morgan fingerprint density at radius 3 is 1.56 bits per heavy atom. The second kappa shape index (κ2) is 6.98. The summed E-state index contributed by atoms with van der Waals surface area (Å²) in [4.78, 5) is 0. The minimum absolute atomic E-state index is 0.203. The predicted octanol–water partition coefficient (Wildman–Crippen LogP) is 4.60. The molecule has 1 saturated carbocycles. The van der Waals surface area contributed by atoms with Crippen LogP contribution in [0.2, 0.25) is 0 Å². The Morgan fingerprint density at radius 2 is 1.44 bits per heavy atom. The van der Waals surface area contributed by atoms with Crippen LogP contribution in [0.5, 0.6) is 0 Å². The summed E-state index contributed by atoms with van der Waals surface area (Å²) < 4.78 is 0. The van der Waals surface area contributed by atoms with E-state index in [2.05, 4.69) is 46.5 Å². The van der Waals surface area contributed by atoms with Gasteiger partial charge in [-0.3, -0.25) is 0 Å². The first-order valence-electron chi connectivity index (χ1n) is 6.66. The van der Waals surface area contributed by atoms with Crippen LogP contribution in [0.4, 0.5) is 0 Å². The minimum Gasteiger partial charge on any atom is -0.391 e. The van der Waals surface area contributed by atoms with Gasteiger partial charge in [0.05, 0.1) is 0 Å². The molecule has 0 amide bonds. The van der Waals surface area contributed by atoms with Gasteiger partial charge in [-0.2, -0.15) is 0 Å². The smallest absolute Gasteiger partial charge is 0.00856 e. The quantitative estimate of drug-likeness (QED) is 0.688.